The van der Waals surface area contributed by atoms with Gasteiger partial charge in [-0.1, -0.05) is 42.5 Å². The van der Waals surface area contributed by atoms with Gasteiger partial charge < -0.3 is 40.3 Å². The number of rotatable bonds is 7. The van der Waals surface area contributed by atoms with Gasteiger partial charge in [0.2, 0.25) is 23.6 Å². The normalized spacial score (nSPS) is 23.6. The average molecular weight is 713 g/mol. The van der Waals surface area contributed by atoms with E-state index >= 15 is 0 Å². The summed E-state index contributed by atoms with van der Waals surface area (Å²) in [6, 6.07) is 16.6. The molecule has 0 unspecified atom stereocenters. The Hall–Kier alpha value is -5.50. The van der Waals surface area contributed by atoms with Crippen molar-refractivity contribution >= 4 is 29.5 Å². The number of ether oxygens (including phenoxy) is 2. The first kappa shape index (κ1) is 36.3. The number of methoxy groups -OCH3 is 1. The third kappa shape index (κ3) is 9.04. The van der Waals surface area contributed by atoms with Gasteiger partial charge in [0.1, 0.15) is 17.8 Å². The average Bonchev–Trinajstić information content (AvgIpc) is 3.87. The van der Waals surface area contributed by atoms with Crippen LogP contribution < -0.4 is 25.4 Å². The zero-order valence-electron chi connectivity index (χ0n) is 29.2. The van der Waals surface area contributed by atoms with Gasteiger partial charge in [0, 0.05) is 44.2 Å². The second-order valence-electron chi connectivity index (χ2n) is 13.6. The lowest BCUT2D eigenvalue weighted by Gasteiger charge is -2.30. The van der Waals surface area contributed by atoms with Gasteiger partial charge in [0.05, 0.1) is 31.4 Å². The molecule has 2 aromatic carbocycles. The molecule has 1 saturated heterocycles. The molecule has 274 valence electrons. The van der Waals surface area contributed by atoms with Crippen LogP contribution in [0.1, 0.15) is 47.2 Å². The lowest BCUT2D eigenvalue weighted by Crippen LogP contribution is -2.58. The standard InChI is InChI=1S/C38H44N6O8/c1-23(45)35-38(50)43(18-25-11-12-25)21-32(46)40-30(15-24-7-4-3-5-8-24)36(48)41-31-20-44(37(49)27-13-14-34(51-2)39-17-27)19-29(31)26-9-6-10-28(16-26)52-22-33(47)42-35/h3-10,13-14,16-17,23,25,29-31,35,45H,11-12,15,18-22H2,1-2H3,(H,40,46)(H,41,48)(H,42,47)/t23-,29-,30+,31+,35+/m1/s1. The second-order valence-corrected chi connectivity index (χ2v) is 13.6. The van der Waals surface area contributed by atoms with Gasteiger partial charge in [-0.15, -0.1) is 0 Å². The van der Waals surface area contributed by atoms with Crippen molar-refractivity contribution in [3.05, 3.63) is 89.6 Å². The highest BCUT2D eigenvalue weighted by Gasteiger charge is 2.40. The number of nitrogens with zero attached hydrogens (tertiary/aromatic N) is 3. The highest BCUT2D eigenvalue weighted by Crippen LogP contribution is 2.32. The molecular weight excluding hydrogens is 668 g/mol. The summed E-state index contributed by atoms with van der Waals surface area (Å²) < 4.78 is 11.0. The molecule has 2 aliphatic heterocycles. The van der Waals surface area contributed by atoms with Crippen LogP contribution in [0, 0.1) is 5.92 Å². The number of aromatic nitrogens is 1. The van der Waals surface area contributed by atoms with Crippen LogP contribution >= 0.6 is 0 Å². The number of likely N-dealkylation sites (tertiary alicyclic amines) is 1. The molecule has 1 aliphatic carbocycles. The van der Waals surface area contributed by atoms with E-state index in [0.29, 0.717) is 17.2 Å². The largest absolute Gasteiger partial charge is 0.484 e. The van der Waals surface area contributed by atoms with Crippen molar-refractivity contribution in [3.63, 3.8) is 0 Å². The Kier molecular flexibility index (Phi) is 11.3. The van der Waals surface area contributed by atoms with Crippen LogP contribution in [0.4, 0.5) is 0 Å². The van der Waals surface area contributed by atoms with Crippen LogP contribution in [-0.2, 0) is 25.6 Å². The number of aliphatic hydroxyl groups is 1. The maximum absolute atomic E-state index is 14.2. The molecule has 0 spiro atoms. The van der Waals surface area contributed by atoms with Crippen LogP contribution in [0.5, 0.6) is 11.6 Å². The molecule has 3 aliphatic rings. The van der Waals surface area contributed by atoms with Crippen molar-refractivity contribution in [3.8, 4) is 11.6 Å². The van der Waals surface area contributed by atoms with Gasteiger partial charge in [-0.2, -0.15) is 0 Å². The van der Waals surface area contributed by atoms with E-state index in [1.807, 2.05) is 36.4 Å². The number of hydrogen-bond acceptors (Lipinski definition) is 9. The van der Waals surface area contributed by atoms with Crippen LogP contribution in [0.2, 0.25) is 0 Å². The number of hydrogen-bond donors (Lipinski definition) is 4. The van der Waals surface area contributed by atoms with Gasteiger partial charge in [0.15, 0.2) is 6.61 Å². The van der Waals surface area contributed by atoms with E-state index in [0.717, 1.165) is 24.0 Å². The molecule has 14 nitrogen and oxygen atoms in total. The molecule has 3 aromatic rings. The molecule has 5 atom stereocenters. The Morgan fingerprint density at radius 3 is 2.46 bits per heavy atom. The maximum Gasteiger partial charge on any atom is 0.258 e. The van der Waals surface area contributed by atoms with Crippen LogP contribution in [0.25, 0.3) is 0 Å². The molecule has 4 N–H and O–H groups in total. The van der Waals surface area contributed by atoms with E-state index in [1.54, 1.807) is 35.2 Å². The molecule has 2 bridgehead atoms. The highest BCUT2D eigenvalue weighted by molar-refractivity contribution is 5.95. The van der Waals surface area contributed by atoms with E-state index < -0.39 is 54.5 Å². The van der Waals surface area contributed by atoms with Crippen molar-refractivity contribution in [2.45, 2.75) is 56.3 Å². The molecule has 1 aromatic heterocycles. The van der Waals surface area contributed by atoms with Gasteiger partial charge in [0.25, 0.3) is 11.8 Å². The Labute approximate surface area is 301 Å². The zero-order chi connectivity index (χ0) is 36.8. The molecule has 14 heteroatoms. The summed E-state index contributed by atoms with van der Waals surface area (Å²) in [6.45, 7) is 1.27. The third-order valence-corrected chi connectivity index (χ3v) is 9.60. The van der Waals surface area contributed by atoms with E-state index in [-0.39, 0.29) is 50.3 Å². The fourth-order valence-corrected chi connectivity index (χ4v) is 6.65. The Bertz CT molecular complexity index is 1770. The first-order valence-corrected chi connectivity index (χ1v) is 17.5. The van der Waals surface area contributed by atoms with Crippen molar-refractivity contribution in [1.29, 1.82) is 0 Å². The molecular formula is C38H44N6O8. The quantitative estimate of drug-likeness (QED) is 0.279. The maximum atomic E-state index is 14.2. The molecule has 2 fully saturated rings. The van der Waals surface area contributed by atoms with Crippen LogP contribution in [0.3, 0.4) is 0 Å². The zero-order valence-corrected chi connectivity index (χ0v) is 29.2. The van der Waals surface area contributed by atoms with Gasteiger partial charge >= 0.3 is 0 Å². The smallest absolute Gasteiger partial charge is 0.258 e. The molecule has 0 radical (unpaired) electrons. The Morgan fingerprint density at radius 2 is 1.77 bits per heavy atom. The lowest BCUT2D eigenvalue weighted by atomic mass is 9.93. The summed E-state index contributed by atoms with van der Waals surface area (Å²) in [5, 5.41) is 19.1. The first-order valence-electron chi connectivity index (χ1n) is 17.5. The lowest BCUT2D eigenvalue weighted by molar-refractivity contribution is -0.143. The number of carbonyl (C=O) groups is 5. The van der Waals surface area contributed by atoms with Gasteiger partial charge in [-0.05, 0) is 55.0 Å². The number of amides is 5. The Morgan fingerprint density at radius 1 is 0.981 bits per heavy atom. The molecule has 52 heavy (non-hydrogen) atoms. The molecule has 1 saturated carbocycles. The fraction of sp³-hybridized carbons (Fsp3) is 0.421. The molecule has 6 rings (SSSR count). The summed E-state index contributed by atoms with van der Waals surface area (Å²) in [5.74, 6) is -1.97. The predicted molar refractivity (Wildman–Crippen MR) is 188 cm³/mol. The number of benzene rings is 2. The van der Waals surface area contributed by atoms with Crippen molar-refractivity contribution < 1.29 is 38.6 Å². The van der Waals surface area contributed by atoms with E-state index in [2.05, 4.69) is 20.9 Å². The summed E-state index contributed by atoms with van der Waals surface area (Å²) in [6.07, 6.45) is 2.13. The molecule has 3 heterocycles. The number of fused-ring (bicyclic) bond motifs is 4. The van der Waals surface area contributed by atoms with Crippen LogP contribution in [-0.4, -0.2) is 114 Å². The van der Waals surface area contributed by atoms with Crippen LogP contribution in [0.15, 0.2) is 72.9 Å². The number of carbonyl (C=O) groups excluding carboxylic acids is 5. The minimum absolute atomic E-state index is 0.169. The minimum atomic E-state index is -1.32. The monoisotopic (exact) mass is 712 g/mol. The van der Waals surface area contributed by atoms with E-state index in [4.69, 9.17) is 9.47 Å². The predicted octanol–water partition coefficient (Wildman–Crippen LogP) is 1.04. The van der Waals surface area contributed by atoms with Gasteiger partial charge in [-0.3, -0.25) is 24.0 Å². The first-order chi connectivity index (χ1) is 25.1. The molecule has 5 amide bonds. The number of aliphatic hydroxyl groups excluding tert-OH is 1. The van der Waals surface area contributed by atoms with E-state index in [9.17, 15) is 29.1 Å². The minimum Gasteiger partial charge on any atom is -0.484 e. The summed E-state index contributed by atoms with van der Waals surface area (Å²) >= 11 is 0. The van der Waals surface area contributed by atoms with Crippen molar-refractivity contribution in [1.82, 2.24) is 30.7 Å². The third-order valence-electron chi connectivity index (χ3n) is 9.60. The summed E-state index contributed by atoms with van der Waals surface area (Å²) in [5.41, 5.74) is 1.92. The Balaban J connectivity index is 1.33. The summed E-state index contributed by atoms with van der Waals surface area (Å²) in [7, 11) is 1.49. The number of nitrogens with one attached hydrogen (secondary N) is 3. The van der Waals surface area contributed by atoms with E-state index in [1.165, 1.54) is 25.1 Å². The fourth-order valence-electron chi connectivity index (χ4n) is 6.65. The number of pyridine rings is 1. The van der Waals surface area contributed by atoms with Crippen molar-refractivity contribution in [2.75, 3.05) is 39.9 Å². The highest BCUT2D eigenvalue weighted by atomic mass is 16.5. The topological polar surface area (TPSA) is 180 Å². The van der Waals surface area contributed by atoms with Crippen molar-refractivity contribution in [2.24, 2.45) is 5.92 Å². The van der Waals surface area contributed by atoms with Gasteiger partial charge in [-0.25, -0.2) is 4.98 Å². The second kappa shape index (κ2) is 16.2. The SMILES string of the molecule is COc1ccc(C(=O)N2C[C@@H]3NC(=O)[C@H](Cc4ccccc4)NC(=O)CN(CC4CC4)C(=O)[C@H]([C@@H](C)O)NC(=O)COc4cccc(c4)[C@H]3C2)cn1. The summed E-state index contributed by atoms with van der Waals surface area (Å²) in [4.78, 5) is 75.6.